The number of hydrogen-bond acceptors (Lipinski definition) is 4. The molecule has 2 aliphatic heterocycles. The normalized spacial score (nSPS) is 26.7. The minimum Gasteiger partial charge on any atom is -0.342 e. The molecule has 1 aromatic carbocycles. The van der Waals surface area contributed by atoms with Crippen molar-refractivity contribution >= 4 is 32.7 Å². The van der Waals surface area contributed by atoms with Crippen molar-refractivity contribution in [1.29, 1.82) is 0 Å². The minimum absolute atomic E-state index is 0.0172. The molecule has 24 heavy (non-hydrogen) atoms. The highest BCUT2D eigenvalue weighted by atomic mass is 32.2. The number of amides is 1. The van der Waals surface area contributed by atoms with Crippen LogP contribution in [0.1, 0.15) is 31.7 Å². The first-order valence-electron chi connectivity index (χ1n) is 8.27. The third kappa shape index (κ3) is 4.00. The quantitative estimate of drug-likeness (QED) is 0.801. The molecule has 0 spiro atoms. The highest BCUT2D eigenvalue weighted by Gasteiger charge is 2.48. The lowest BCUT2D eigenvalue weighted by Crippen LogP contribution is -2.37. The predicted molar refractivity (Wildman–Crippen MR) is 97.8 cm³/mol. The number of benzene rings is 1. The standard InChI is InChI=1S/C17H22N2O3S2/c1-2-3-9-16(20)18-17-19(10-13-7-5-4-6-8-13)14-11-24(21,22)12-15(14)23-17/h4-8,14-15H,2-3,9-12H2,1H3/t14-,15-/m1/s1. The van der Waals surface area contributed by atoms with Gasteiger partial charge in [-0.2, -0.15) is 4.99 Å². The van der Waals surface area contributed by atoms with Crippen LogP contribution in [0.5, 0.6) is 0 Å². The maximum atomic E-state index is 12.1. The van der Waals surface area contributed by atoms with Gasteiger partial charge in [-0.3, -0.25) is 4.79 Å². The molecule has 1 amide bonds. The molecule has 130 valence electrons. The Morgan fingerprint density at radius 3 is 2.75 bits per heavy atom. The number of carbonyl (C=O) groups is 1. The molecule has 0 N–H and O–H groups in total. The van der Waals surface area contributed by atoms with Crippen LogP contribution in [-0.2, 0) is 21.2 Å². The Morgan fingerprint density at radius 1 is 1.29 bits per heavy atom. The van der Waals surface area contributed by atoms with Crippen LogP contribution in [0.4, 0.5) is 0 Å². The van der Waals surface area contributed by atoms with E-state index in [2.05, 4.69) is 4.99 Å². The Kier molecular flexibility index (Phi) is 5.30. The number of aliphatic imine (C=N–C) groups is 1. The Hall–Kier alpha value is -1.34. The maximum absolute atomic E-state index is 12.1. The first-order chi connectivity index (χ1) is 11.5. The van der Waals surface area contributed by atoms with E-state index < -0.39 is 9.84 Å². The highest BCUT2D eigenvalue weighted by Crippen LogP contribution is 2.39. The van der Waals surface area contributed by atoms with Crippen molar-refractivity contribution in [3.63, 3.8) is 0 Å². The van der Waals surface area contributed by atoms with Crippen molar-refractivity contribution < 1.29 is 13.2 Å². The number of amidine groups is 1. The first kappa shape index (κ1) is 17.5. The number of nitrogens with zero attached hydrogens (tertiary/aromatic N) is 2. The molecule has 2 fully saturated rings. The lowest BCUT2D eigenvalue weighted by Gasteiger charge is -2.24. The van der Waals surface area contributed by atoms with Crippen molar-refractivity contribution in [2.75, 3.05) is 11.5 Å². The molecule has 7 heteroatoms. The van der Waals surface area contributed by atoms with Gasteiger partial charge in [0.15, 0.2) is 15.0 Å². The number of hydrogen-bond donors (Lipinski definition) is 0. The molecule has 3 rings (SSSR count). The average Bonchev–Trinajstić information content (AvgIpc) is 2.99. The van der Waals surface area contributed by atoms with Crippen LogP contribution in [0, 0.1) is 0 Å². The summed E-state index contributed by atoms with van der Waals surface area (Å²) in [6.07, 6.45) is 2.24. The Balaban J connectivity index is 1.82. The van der Waals surface area contributed by atoms with Gasteiger partial charge in [0.1, 0.15) is 0 Å². The van der Waals surface area contributed by atoms with Crippen molar-refractivity contribution in [3.05, 3.63) is 35.9 Å². The van der Waals surface area contributed by atoms with E-state index in [1.807, 2.05) is 42.2 Å². The second kappa shape index (κ2) is 7.27. The Bertz CT molecular complexity index is 731. The summed E-state index contributed by atoms with van der Waals surface area (Å²) in [6, 6.07) is 9.82. The van der Waals surface area contributed by atoms with Crippen LogP contribution in [0.25, 0.3) is 0 Å². The van der Waals surface area contributed by atoms with Gasteiger partial charge in [0.05, 0.1) is 17.5 Å². The lowest BCUT2D eigenvalue weighted by atomic mass is 10.1. The summed E-state index contributed by atoms with van der Waals surface area (Å²) in [5.41, 5.74) is 1.09. The maximum Gasteiger partial charge on any atom is 0.248 e. The van der Waals surface area contributed by atoms with Gasteiger partial charge in [-0.25, -0.2) is 8.42 Å². The van der Waals surface area contributed by atoms with Crippen LogP contribution >= 0.6 is 11.8 Å². The number of sulfone groups is 1. The number of thioether (sulfide) groups is 1. The lowest BCUT2D eigenvalue weighted by molar-refractivity contribution is -0.117. The van der Waals surface area contributed by atoms with Crippen molar-refractivity contribution in [3.8, 4) is 0 Å². The zero-order valence-corrected chi connectivity index (χ0v) is 15.4. The van der Waals surface area contributed by atoms with E-state index in [4.69, 9.17) is 0 Å². The molecule has 0 radical (unpaired) electrons. The monoisotopic (exact) mass is 366 g/mol. The van der Waals surface area contributed by atoms with Crippen LogP contribution in [-0.4, -0.2) is 47.2 Å². The molecule has 0 saturated carbocycles. The van der Waals surface area contributed by atoms with Gasteiger partial charge in [0.25, 0.3) is 0 Å². The molecule has 2 saturated heterocycles. The summed E-state index contributed by atoms with van der Waals surface area (Å²) < 4.78 is 23.9. The summed E-state index contributed by atoms with van der Waals surface area (Å²) in [5.74, 6) is 0.218. The third-order valence-corrected chi connectivity index (χ3v) is 7.58. The van der Waals surface area contributed by atoms with Gasteiger partial charge < -0.3 is 4.90 Å². The fourth-order valence-corrected chi connectivity index (χ4v) is 7.06. The summed E-state index contributed by atoms with van der Waals surface area (Å²) >= 11 is 1.45. The smallest absolute Gasteiger partial charge is 0.248 e. The van der Waals surface area contributed by atoms with E-state index in [9.17, 15) is 13.2 Å². The van der Waals surface area contributed by atoms with Gasteiger partial charge in [-0.1, -0.05) is 55.4 Å². The minimum atomic E-state index is -3.00. The summed E-state index contributed by atoms with van der Waals surface area (Å²) in [6.45, 7) is 2.63. The molecule has 2 aliphatic rings. The summed E-state index contributed by atoms with van der Waals surface area (Å²) in [7, 11) is -3.00. The van der Waals surface area contributed by atoms with Gasteiger partial charge in [0, 0.05) is 18.2 Å². The molecule has 1 aromatic rings. The van der Waals surface area contributed by atoms with Crippen LogP contribution in [0.3, 0.4) is 0 Å². The zero-order chi connectivity index (χ0) is 17.2. The van der Waals surface area contributed by atoms with Crippen molar-refractivity contribution in [2.24, 2.45) is 4.99 Å². The van der Waals surface area contributed by atoms with E-state index in [0.29, 0.717) is 18.1 Å². The summed E-state index contributed by atoms with van der Waals surface area (Å²) in [4.78, 5) is 18.4. The topological polar surface area (TPSA) is 66.8 Å². The second-order valence-corrected chi connectivity index (χ2v) is 9.67. The fourth-order valence-electron chi connectivity index (χ4n) is 3.09. The highest BCUT2D eigenvalue weighted by molar-refractivity contribution is 8.15. The molecule has 0 unspecified atom stereocenters. The van der Waals surface area contributed by atoms with E-state index in [1.165, 1.54) is 11.8 Å². The van der Waals surface area contributed by atoms with E-state index in [-0.39, 0.29) is 28.7 Å². The molecule has 2 atom stereocenters. The van der Waals surface area contributed by atoms with Gasteiger partial charge >= 0.3 is 0 Å². The molecular formula is C17H22N2O3S2. The average molecular weight is 367 g/mol. The molecule has 2 heterocycles. The molecule has 5 nitrogen and oxygen atoms in total. The van der Waals surface area contributed by atoms with Gasteiger partial charge in [-0.15, -0.1) is 0 Å². The number of carbonyl (C=O) groups excluding carboxylic acids is 1. The van der Waals surface area contributed by atoms with E-state index in [0.717, 1.165) is 18.4 Å². The summed E-state index contributed by atoms with van der Waals surface area (Å²) in [5, 5.41) is 0.668. The van der Waals surface area contributed by atoms with Gasteiger partial charge in [-0.05, 0) is 12.0 Å². The molecule has 0 aliphatic carbocycles. The molecular weight excluding hydrogens is 344 g/mol. The SMILES string of the molecule is CCCCC(=O)N=C1S[C@@H]2CS(=O)(=O)C[C@H]2N1Cc1ccccc1. The third-order valence-electron chi connectivity index (χ3n) is 4.34. The van der Waals surface area contributed by atoms with E-state index >= 15 is 0 Å². The largest absolute Gasteiger partial charge is 0.342 e. The van der Waals surface area contributed by atoms with Crippen molar-refractivity contribution in [2.45, 2.75) is 44.0 Å². The number of fused-ring (bicyclic) bond motifs is 1. The van der Waals surface area contributed by atoms with Crippen LogP contribution in [0.15, 0.2) is 35.3 Å². The Morgan fingerprint density at radius 2 is 2.04 bits per heavy atom. The first-order valence-corrected chi connectivity index (χ1v) is 11.0. The number of rotatable bonds is 5. The second-order valence-electron chi connectivity index (χ2n) is 6.31. The molecule has 0 aromatic heterocycles. The van der Waals surface area contributed by atoms with Crippen molar-refractivity contribution in [1.82, 2.24) is 4.90 Å². The zero-order valence-electron chi connectivity index (χ0n) is 13.7. The van der Waals surface area contributed by atoms with Crippen LogP contribution in [0.2, 0.25) is 0 Å². The number of unbranched alkanes of at least 4 members (excludes halogenated alkanes) is 1. The predicted octanol–water partition coefficient (Wildman–Crippen LogP) is 2.47. The Labute approximate surface area is 147 Å². The molecule has 0 bridgehead atoms. The van der Waals surface area contributed by atoms with Crippen LogP contribution < -0.4 is 0 Å². The fraction of sp³-hybridized carbons (Fsp3) is 0.529. The van der Waals surface area contributed by atoms with Gasteiger partial charge in [0.2, 0.25) is 5.91 Å². The van der Waals surface area contributed by atoms with E-state index in [1.54, 1.807) is 0 Å².